The lowest BCUT2D eigenvalue weighted by molar-refractivity contribution is 0.248. The SMILES string of the molecule is CNCc1ccccc1S(=O)(=O)NC1(C)CCC1. The van der Waals surface area contributed by atoms with Gasteiger partial charge >= 0.3 is 0 Å². The number of rotatable bonds is 5. The molecule has 0 saturated heterocycles. The van der Waals surface area contributed by atoms with E-state index in [4.69, 9.17) is 0 Å². The Labute approximate surface area is 109 Å². The topological polar surface area (TPSA) is 58.2 Å². The Morgan fingerprint density at radius 3 is 2.50 bits per heavy atom. The third-order valence-corrected chi connectivity index (χ3v) is 5.21. The van der Waals surface area contributed by atoms with Gasteiger partial charge in [0.1, 0.15) is 0 Å². The second-order valence-corrected chi connectivity index (χ2v) is 6.81. The highest BCUT2D eigenvalue weighted by molar-refractivity contribution is 7.89. The molecule has 0 radical (unpaired) electrons. The van der Waals surface area contributed by atoms with Crippen LogP contribution in [-0.4, -0.2) is 21.0 Å². The van der Waals surface area contributed by atoms with Crippen LogP contribution in [0.5, 0.6) is 0 Å². The maximum Gasteiger partial charge on any atom is 0.241 e. The van der Waals surface area contributed by atoms with E-state index >= 15 is 0 Å². The van der Waals surface area contributed by atoms with E-state index in [2.05, 4.69) is 10.0 Å². The fourth-order valence-corrected chi connectivity index (χ4v) is 4.00. The highest BCUT2D eigenvalue weighted by Crippen LogP contribution is 2.33. The summed E-state index contributed by atoms with van der Waals surface area (Å²) >= 11 is 0. The minimum Gasteiger partial charge on any atom is -0.316 e. The lowest BCUT2D eigenvalue weighted by atomic mass is 9.80. The van der Waals surface area contributed by atoms with Crippen LogP contribution in [0.25, 0.3) is 0 Å². The van der Waals surface area contributed by atoms with Crippen molar-refractivity contribution >= 4 is 10.0 Å². The normalized spacial score (nSPS) is 18.3. The molecule has 0 unspecified atom stereocenters. The van der Waals surface area contributed by atoms with Crippen molar-refractivity contribution in [2.24, 2.45) is 0 Å². The highest BCUT2D eigenvalue weighted by atomic mass is 32.2. The summed E-state index contributed by atoms with van der Waals surface area (Å²) in [6.45, 7) is 2.52. The van der Waals surface area contributed by atoms with Crippen LogP contribution in [0.2, 0.25) is 0 Å². The van der Waals surface area contributed by atoms with E-state index in [1.165, 1.54) is 0 Å². The molecule has 4 nitrogen and oxygen atoms in total. The first-order chi connectivity index (χ1) is 8.47. The van der Waals surface area contributed by atoms with Crippen LogP contribution in [0.4, 0.5) is 0 Å². The molecule has 2 N–H and O–H groups in total. The molecular weight excluding hydrogens is 248 g/mol. The first-order valence-electron chi connectivity index (χ1n) is 6.23. The van der Waals surface area contributed by atoms with Crippen molar-refractivity contribution in [2.75, 3.05) is 7.05 Å². The monoisotopic (exact) mass is 268 g/mol. The average molecular weight is 268 g/mol. The molecule has 0 spiro atoms. The summed E-state index contributed by atoms with van der Waals surface area (Å²) in [6, 6.07) is 7.12. The molecule has 1 fully saturated rings. The molecule has 2 rings (SSSR count). The van der Waals surface area contributed by atoms with Crippen molar-refractivity contribution in [1.82, 2.24) is 10.0 Å². The molecule has 0 aliphatic heterocycles. The third kappa shape index (κ3) is 2.74. The molecule has 0 heterocycles. The zero-order valence-corrected chi connectivity index (χ0v) is 11.7. The summed E-state index contributed by atoms with van der Waals surface area (Å²) in [6.07, 6.45) is 2.93. The number of benzene rings is 1. The van der Waals surface area contributed by atoms with Crippen LogP contribution >= 0.6 is 0 Å². The standard InChI is InChI=1S/C13H20N2O2S/c1-13(8-5-9-13)15-18(16,17)12-7-4-3-6-11(12)10-14-2/h3-4,6-7,14-15H,5,8-10H2,1-2H3. The molecule has 1 aliphatic carbocycles. The summed E-state index contributed by atoms with van der Waals surface area (Å²) in [5, 5.41) is 3.00. The molecule has 0 amide bonds. The van der Waals surface area contributed by atoms with E-state index in [1.807, 2.05) is 26.1 Å². The van der Waals surface area contributed by atoms with E-state index in [0.29, 0.717) is 11.4 Å². The van der Waals surface area contributed by atoms with Gasteiger partial charge in [-0.15, -0.1) is 0 Å². The Bertz CT molecular complexity index is 522. The summed E-state index contributed by atoms with van der Waals surface area (Å²) in [5.74, 6) is 0. The summed E-state index contributed by atoms with van der Waals surface area (Å²) in [7, 11) is -1.61. The lowest BCUT2D eigenvalue weighted by Crippen LogP contribution is -2.50. The second-order valence-electron chi connectivity index (χ2n) is 5.16. The van der Waals surface area contributed by atoms with E-state index in [-0.39, 0.29) is 5.54 Å². The van der Waals surface area contributed by atoms with Gasteiger partial charge in [-0.25, -0.2) is 13.1 Å². The van der Waals surface area contributed by atoms with Gasteiger partial charge in [-0.1, -0.05) is 18.2 Å². The predicted molar refractivity (Wildman–Crippen MR) is 71.8 cm³/mol. The summed E-state index contributed by atoms with van der Waals surface area (Å²) in [5.41, 5.74) is 0.543. The molecule has 1 aliphatic rings. The minimum atomic E-state index is -3.42. The van der Waals surface area contributed by atoms with E-state index < -0.39 is 10.0 Å². The summed E-state index contributed by atoms with van der Waals surface area (Å²) in [4.78, 5) is 0.382. The molecular formula is C13H20N2O2S. The van der Waals surface area contributed by atoms with Gasteiger partial charge in [-0.2, -0.15) is 0 Å². The fourth-order valence-electron chi connectivity index (χ4n) is 2.29. The lowest BCUT2D eigenvalue weighted by Gasteiger charge is -2.38. The molecule has 0 aromatic heterocycles. The molecule has 1 aromatic carbocycles. The Morgan fingerprint density at radius 1 is 1.28 bits per heavy atom. The molecule has 1 saturated carbocycles. The van der Waals surface area contributed by atoms with Gasteiger partial charge in [0.25, 0.3) is 0 Å². The molecule has 1 aromatic rings. The molecule has 18 heavy (non-hydrogen) atoms. The zero-order chi connectivity index (χ0) is 13.2. The van der Waals surface area contributed by atoms with Gasteiger partial charge < -0.3 is 5.32 Å². The largest absolute Gasteiger partial charge is 0.316 e. The van der Waals surface area contributed by atoms with Crippen molar-refractivity contribution in [3.8, 4) is 0 Å². The number of hydrogen-bond acceptors (Lipinski definition) is 3. The van der Waals surface area contributed by atoms with Crippen LogP contribution in [0.15, 0.2) is 29.2 Å². The van der Waals surface area contributed by atoms with Crippen LogP contribution in [0, 0.1) is 0 Å². The van der Waals surface area contributed by atoms with Crippen LogP contribution < -0.4 is 10.0 Å². The Hall–Kier alpha value is -0.910. The first-order valence-corrected chi connectivity index (χ1v) is 7.72. The van der Waals surface area contributed by atoms with Crippen molar-refractivity contribution in [3.63, 3.8) is 0 Å². The number of hydrogen-bond donors (Lipinski definition) is 2. The molecule has 0 atom stereocenters. The van der Waals surface area contributed by atoms with E-state index in [0.717, 1.165) is 24.8 Å². The van der Waals surface area contributed by atoms with Crippen LogP contribution in [0.3, 0.4) is 0 Å². The van der Waals surface area contributed by atoms with Crippen LogP contribution in [-0.2, 0) is 16.6 Å². The number of nitrogens with one attached hydrogen (secondary N) is 2. The fraction of sp³-hybridized carbons (Fsp3) is 0.538. The van der Waals surface area contributed by atoms with Crippen molar-refractivity contribution in [3.05, 3.63) is 29.8 Å². The van der Waals surface area contributed by atoms with Gasteiger partial charge in [0.05, 0.1) is 4.90 Å². The van der Waals surface area contributed by atoms with Crippen LogP contribution in [0.1, 0.15) is 31.7 Å². The highest BCUT2D eigenvalue weighted by Gasteiger charge is 2.36. The Morgan fingerprint density at radius 2 is 1.94 bits per heavy atom. The van der Waals surface area contributed by atoms with E-state index in [1.54, 1.807) is 12.1 Å². The van der Waals surface area contributed by atoms with Crippen molar-refractivity contribution in [1.29, 1.82) is 0 Å². The molecule has 100 valence electrons. The van der Waals surface area contributed by atoms with Gasteiger partial charge in [-0.05, 0) is 44.9 Å². The maximum atomic E-state index is 12.4. The van der Waals surface area contributed by atoms with Gasteiger partial charge in [0, 0.05) is 12.1 Å². The molecule has 5 heteroatoms. The quantitative estimate of drug-likeness (QED) is 0.853. The number of sulfonamides is 1. The zero-order valence-electron chi connectivity index (χ0n) is 10.9. The first kappa shape index (κ1) is 13.5. The van der Waals surface area contributed by atoms with Gasteiger partial charge in [-0.3, -0.25) is 0 Å². The van der Waals surface area contributed by atoms with Gasteiger partial charge in [0.2, 0.25) is 10.0 Å². The van der Waals surface area contributed by atoms with Gasteiger partial charge in [0.15, 0.2) is 0 Å². The maximum absolute atomic E-state index is 12.4. The minimum absolute atomic E-state index is 0.258. The third-order valence-electron chi connectivity index (χ3n) is 3.47. The Balaban J connectivity index is 2.29. The second kappa shape index (κ2) is 4.99. The summed E-state index contributed by atoms with van der Waals surface area (Å²) < 4.78 is 27.6. The average Bonchev–Trinajstić information content (AvgIpc) is 2.27. The van der Waals surface area contributed by atoms with E-state index in [9.17, 15) is 8.42 Å². The van der Waals surface area contributed by atoms with Crippen molar-refractivity contribution < 1.29 is 8.42 Å². The van der Waals surface area contributed by atoms with Crippen molar-refractivity contribution in [2.45, 2.75) is 43.2 Å². The molecule has 0 bridgehead atoms. The smallest absolute Gasteiger partial charge is 0.241 e. The predicted octanol–water partition coefficient (Wildman–Crippen LogP) is 1.63. The Kier molecular flexibility index (Phi) is 3.75.